The van der Waals surface area contributed by atoms with Gasteiger partial charge in [0.2, 0.25) is 0 Å². The topological polar surface area (TPSA) is 41.1 Å². The minimum atomic E-state index is -0.854. The van der Waals surface area contributed by atoms with E-state index in [-0.39, 0.29) is 30.3 Å². The van der Waals surface area contributed by atoms with Crippen molar-refractivity contribution in [3.63, 3.8) is 0 Å². The molecule has 0 bridgehead atoms. The van der Waals surface area contributed by atoms with Crippen LogP contribution in [-0.2, 0) is 0 Å². The van der Waals surface area contributed by atoms with Crippen LogP contribution in [0.25, 0.3) is 0 Å². The molecule has 1 amide bonds. The third-order valence-electron chi connectivity index (χ3n) is 4.86. The van der Waals surface area contributed by atoms with E-state index in [1.165, 1.54) is 6.07 Å². The van der Waals surface area contributed by atoms with Gasteiger partial charge in [0.05, 0.1) is 0 Å². The zero-order valence-electron chi connectivity index (χ0n) is 15.2. The number of benzene rings is 2. The van der Waals surface area contributed by atoms with E-state index in [0.717, 1.165) is 29.5 Å². The summed E-state index contributed by atoms with van der Waals surface area (Å²) >= 11 is 1.59. The monoisotopic (exact) mass is 412 g/mol. The minimum absolute atomic E-state index is 0. The molecule has 2 unspecified atom stereocenters. The zero-order chi connectivity index (χ0) is 18.7. The standard InChI is InChI=1S/C20H22F2N2OS.ClH/c1-12-3-5-14(26-2)10-16(12)20(25)24-19-11-23-8-7-15(19)13-4-6-17(21)18(22)9-13;/h3-6,9-10,15,19,23H,7-8,11H2,1-2H3,(H,24,25);1H. The lowest BCUT2D eigenvalue weighted by atomic mass is 9.85. The average Bonchev–Trinajstić information content (AvgIpc) is 2.65. The van der Waals surface area contributed by atoms with Gasteiger partial charge in [-0.25, -0.2) is 8.78 Å². The molecule has 1 fully saturated rings. The van der Waals surface area contributed by atoms with Crippen molar-refractivity contribution in [2.75, 3.05) is 19.3 Å². The lowest BCUT2D eigenvalue weighted by Crippen LogP contribution is -2.50. The Bertz CT molecular complexity index is 819. The van der Waals surface area contributed by atoms with Crippen molar-refractivity contribution in [3.8, 4) is 0 Å². The van der Waals surface area contributed by atoms with E-state index in [4.69, 9.17) is 0 Å². The summed E-state index contributed by atoms with van der Waals surface area (Å²) < 4.78 is 26.9. The highest BCUT2D eigenvalue weighted by Crippen LogP contribution is 2.27. The molecule has 0 aliphatic carbocycles. The van der Waals surface area contributed by atoms with E-state index in [0.29, 0.717) is 17.7 Å². The van der Waals surface area contributed by atoms with Gasteiger partial charge in [-0.05, 0) is 61.5 Å². The number of carbonyl (C=O) groups is 1. The van der Waals surface area contributed by atoms with Crippen molar-refractivity contribution in [1.29, 1.82) is 0 Å². The largest absolute Gasteiger partial charge is 0.347 e. The normalized spacial score (nSPS) is 19.3. The van der Waals surface area contributed by atoms with Gasteiger partial charge in [-0.15, -0.1) is 24.2 Å². The molecule has 2 aromatic carbocycles. The van der Waals surface area contributed by atoms with E-state index in [9.17, 15) is 13.6 Å². The highest BCUT2D eigenvalue weighted by atomic mass is 35.5. The third kappa shape index (κ3) is 5.00. The second kappa shape index (κ2) is 9.53. The molecule has 1 aliphatic rings. The fourth-order valence-corrected chi connectivity index (χ4v) is 3.81. The fraction of sp³-hybridized carbons (Fsp3) is 0.350. The molecule has 0 radical (unpaired) electrons. The number of halogens is 3. The summed E-state index contributed by atoms with van der Waals surface area (Å²) in [7, 11) is 0. The Balaban J connectivity index is 0.00000261. The number of piperidine rings is 1. The molecule has 7 heteroatoms. The summed E-state index contributed by atoms with van der Waals surface area (Å²) in [5.74, 6) is -1.90. The SMILES string of the molecule is CSc1ccc(C)c(C(=O)NC2CNCCC2c2ccc(F)c(F)c2)c1.Cl. The fourth-order valence-electron chi connectivity index (χ4n) is 3.37. The Hall–Kier alpha value is -1.63. The van der Waals surface area contributed by atoms with Gasteiger partial charge in [0, 0.05) is 29.0 Å². The molecule has 3 rings (SSSR count). The molecule has 0 spiro atoms. The van der Waals surface area contributed by atoms with Crippen molar-refractivity contribution in [3.05, 3.63) is 64.7 Å². The first-order valence-electron chi connectivity index (χ1n) is 8.60. The summed E-state index contributed by atoms with van der Waals surface area (Å²) in [6.45, 7) is 3.28. The van der Waals surface area contributed by atoms with Gasteiger partial charge < -0.3 is 10.6 Å². The van der Waals surface area contributed by atoms with Crippen molar-refractivity contribution in [2.45, 2.75) is 30.2 Å². The Morgan fingerprint density at radius 2 is 1.96 bits per heavy atom. The van der Waals surface area contributed by atoms with Gasteiger partial charge in [0.25, 0.3) is 5.91 Å². The van der Waals surface area contributed by atoms with E-state index in [2.05, 4.69) is 10.6 Å². The van der Waals surface area contributed by atoms with Gasteiger partial charge in [-0.3, -0.25) is 4.79 Å². The molecule has 3 nitrogen and oxygen atoms in total. The van der Waals surface area contributed by atoms with Crippen LogP contribution in [0.2, 0.25) is 0 Å². The lowest BCUT2D eigenvalue weighted by molar-refractivity contribution is 0.0923. The predicted molar refractivity (Wildman–Crippen MR) is 108 cm³/mol. The van der Waals surface area contributed by atoms with E-state index in [1.54, 1.807) is 17.8 Å². The van der Waals surface area contributed by atoms with Crippen LogP contribution >= 0.6 is 24.2 Å². The summed E-state index contributed by atoms with van der Waals surface area (Å²) in [6, 6.07) is 9.63. The molecule has 1 heterocycles. The van der Waals surface area contributed by atoms with Crippen molar-refractivity contribution >= 4 is 30.1 Å². The van der Waals surface area contributed by atoms with Crippen LogP contribution in [0, 0.1) is 18.6 Å². The number of aryl methyl sites for hydroxylation is 1. The number of carbonyl (C=O) groups excluding carboxylic acids is 1. The van der Waals surface area contributed by atoms with Gasteiger partial charge >= 0.3 is 0 Å². The van der Waals surface area contributed by atoms with Crippen LogP contribution in [0.3, 0.4) is 0 Å². The number of hydrogen-bond acceptors (Lipinski definition) is 3. The maximum atomic E-state index is 13.6. The van der Waals surface area contributed by atoms with E-state index < -0.39 is 11.6 Å². The van der Waals surface area contributed by atoms with Crippen LogP contribution in [0.5, 0.6) is 0 Å². The smallest absolute Gasteiger partial charge is 0.251 e. The second-order valence-corrected chi connectivity index (χ2v) is 7.41. The molecule has 2 N–H and O–H groups in total. The lowest BCUT2D eigenvalue weighted by Gasteiger charge is -2.33. The van der Waals surface area contributed by atoms with Crippen molar-refractivity contribution in [1.82, 2.24) is 10.6 Å². The van der Waals surface area contributed by atoms with Crippen LogP contribution in [0.1, 0.15) is 33.8 Å². The Morgan fingerprint density at radius 3 is 2.67 bits per heavy atom. The zero-order valence-corrected chi connectivity index (χ0v) is 16.9. The van der Waals surface area contributed by atoms with Crippen LogP contribution in [0.15, 0.2) is 41.3 Å². The van der Waals surface area contributed by atoms with Crippen molar-refractivity contribution < 1.29 is 13.6 Å². The highest BCUT2D eigenvalue weighted by molar-refractivity contribution is 7.98. The molecule has 146 valence electrons. The Kier molecular flexibility index (Phi) is 7.65. The molecule has 2 aromatic rings. The summed E-state index contributed by atoms with van der Waals surface area (Å²) in [5.41, 5.74) is 2.27. The number of thioether (sulfide) groups is 1. The highest BCUT2D eigenvalue weighted by Gasteiger charge is 2.29. The number of rotatable bonds is 4. The molecule has 27 heavy (non-hydrogen) atoms. The third-order valence-corrected chi connectivity index (χ3v) is 5.59. The first kappa shape index (κ1) is 21.7. The first-order valence-corrected chi connectivity index (χ1v) is 9.83. The molecule has 0 saturated carbocycles. The van der Waals surface area contributed by atoms with Crippen molar-refractivity contribution in [2.24, 2.45) is 0 Å². The van der Waals surface area contributed by atoms with Crippen LogP contribution in [0.4, 0.5) is 8.78 Å². The molecule has 1 aliphatic heterocycles. The van der Waals surface area contributed by atoms with Gasteiger partial charge in [0.1, 0.15) is 0 Å². The Morgan fingerprint density at radius 1 is 1.19 bits per heavy atom. The first-order chi connectivity index (χ1) is 12.5. The van der Waals surface area contributed by atoms with Gasteiger partial charge in [-0.2, -0.15) is 0 Å². The van der Waals surface area contributed by atoms with E-state index >= 15 is 0 Å². The molecule has 1 saturated heterocycles. The van der Waals surface area contributed by atoms with E-state index in [1.807, 2.05) is 31.4 Å². The molecule has 0 aromatic heterocycles. The minimum Gasteiger partial charge on any atom is -0.347 e. The molecular weight excluding hydrogens is 390 g/mol. The Labute approximate surface area is 168 Å². The second-order valence-electron chi connectivity index (χ2n) is 6.53. The van der Waals surface area contributed by atoms with Crippen LogP contribution < -0.4 is 10.6 Å². The summed E-state index contributed by atoms with van der Waals surface area (Å²) in [4.78, 5) is 13.8. The number of nitrogens with one attached hydrogen (secondary N) is 2. The quantitative estimate of drug-likeness (QED) is 0.736. The van der Waals surface area contributed by atoms with Gasteiger partial charge in [0.15, 0.2) is 11.6 Å². The maximum Gasteiger partial charge on any atom is 0.251 e. The summed E-state index contributed by atoms with van der Waals surface area (Å²) in [6.07, 6.45) is 2.72. The molecular formula is C20H23ClF2N2OS. The average molecular weight is 413 g/mol. The maximum absolute atomic E-state index is 13.6. The number of hydrogen-bond donors (Lipinski definition) is 2. The van der Waals surface area contributed by atoms with Gasteiger partial charge in [-0.1, -0.05) is 12.1 Å². The predicted octanol–water partition coefficient (Wildman–Crippen LogP) is 4.29. The number of amides is 1. The summed E-state index contributed by atoms with van der Waals surface area (Å²) in [5, 5.41) is 6.35. The van der Waals surface area contributed by atoms with Crippen LogP contribution in [-0.4, -0.2) is 31.3 Å². The molecule has 2 atom stereocenters.